The lowest BCUT2D eigenvalue weighted by Crippen LogP contribution is -2.00. The smallest absolute Gasteiger partial charge is 0.164 e. The molecule has 0 saturated heterocycles. The van der Waals surface area contributed by atoms with Gasteiger partial charge in [-0.25, -0.2) is 15.0 Å². The summed E-state index contributed by atoms with van der Waals surface area (Å²) in [5, 5.41) is 0. The van der Waals surface area contributed by atoms with Crippen molar-refractivity contribution in [2.75, 3.05) is 0 Å². The maximum atomic E-state index is 4.72. The van der Waals surface area contributed by atoms with Gasteiger partial charge in [0.15, 0.2) is 17.5 Å². The van der Waals surface area contributed by atoms with Gasteiger partial charge in [0.25, 0.3) is 0 Å². The molecule has 4 aromatic rings. The molecule has 1 heterocycles. The predicted octanol–water partition coefficient (Wildman–Crippen LogP) is 6.21. The van der Waals surface area contributed by atoms with Gasteiger partial charge in [-0.2, -0.15) is 0 Å². The van der Waals surface area contributed by atoms with E-state index in [1.54, 1.807) is 0 Å². The molecule has 0 radical (unpaired) electrons. The molecule has 4 rings (SSSR count). The highest BCUT2D eigenvalue weighted by atomic mass is 15.0. The van der Waals surface area contributed by atoms with Gasteiger partial charge < -0.3 is 0 Å². The summed E-state index contributed by atoms with van der Waals surface area (Å²) in [6.07, 6.45) is 0. The Balaban J connectivity index is 0.00000102. The van der Waals surface area contributed by atoms with E-state index in [9.17, 15) is 0 Å². The van der Waals surface area contributed by atoms with Crippen LogP contribution in [-0.4, -0.2) is 15.0 Å². The zero-order valence-electron chi connectivity index (χ0n) is 15.9. The molecule has 0 N–H and O–H groups in total. The molecule has 0 aliphatic rings. The number of hydrogen-bond acceptors (Lipinski definition) is 3. The lowest BCUT2D eigenvalue weighted by atomic mass is 10.1. The normalized spacial score (nSPS) is 10.0. The van der Waals surface area contributed by atoms with Crippen LogP contribution in [0.3, 0.4) is 0 Å². The molecular formula is C24H23N3. The second kappa shape index (κ2) is 8.86. The third-order valence-corrected chi connectivity index (χ3v) is 3.98. The monoisotopic (exact) mass is 353 g/mol. The highest BCUT2D eigenvalue weighted by molar-refractivity contribution is 5.66. The van der Waals surface area contributed by atoms with Crippen LogP contribution in [0.2, 0.25) is 0 Å². The first-order chi connectivity index (χ1) is 13.3. The summed E-state index contributed by atoms with van der Waals surface area (Å²) in [5.41, 5.74) is 4.14. The van der Waals surface area contributed by atoms with Gasteiger partial charge in [-0.1, -0.05) is 98.3 Å². The number of rotatable bonds is 3. The molecule has 0 aliphatic carbocycles. The number of nitrogens with zero attached hydrogens (tertiary/aromatic N) is 3. The average Bonchev–Trinajstić information content (AvgIpc) is 2.76. The molecule has 3 heteroatoms. The highest BCUT2D eigenvalue weighted by Crippen LogP contribution is 2.24. The Morgan fingerprint density at radius 1 is 0.481 bits per heavy atom. The van der Waals surface area contributed by atoms with Crippen LogP contribution in [0.25, 0.3) is 34.2 Å². The molecule has 1 aromatic heterocycles. The van der Waals surface area contributed by atoms with E-state index >= 15 is 0 Å². The Bertz CT molecular complexity index is 939. The van der Waals surface area contributed by atoms with E-state index in [0.717, 1.165) is 16.7 Å². The van der Waals surface area contributed by atoms with Crippen LogP contribution in [0.5, 0.6) is 0 Å². The quantitative estimate of drug-likeness (QED) is 0.440. The van der Waals surface area contributed by atoms with Crippen molar-refractivity contribution in [3.05, 3.63) is 90.5 Å². The molecule has 27 heavy (non-hydrogen) atoms. The Hall–Kier alpha value is -3.33. The van der Waals surface area contributed by atoms with Crippen LogP contribution in [0, 0.1) is 6.92 Å². The number of benzene rings is 3. The fourth-order valence-electron chi connectivity index (χ4n) is 2.72. The van der Waals surface area contributed by atoms with E-state index in [-0.39, 0.29) is 0 Å². The van der Waals surface area contributed by atoms with E-state index in [1.807, 2.05) is 86.6 Å². The van der Waals surface area contributed by atoms with E-state index in [2.05, 4.69) is 19.1 Å². The van der Waals surface area contributed by atoms with E-state index in [4.69, 9.17) is 15.0 Å². The SMILES string of the molecule is CC.Cc1cccc(-c2nc(-c3ccccc3)nc(-c3ccccc3)n2)c1. The van der Waals surface area contributed by atoms with Gasteiger partial charge in [-0.15, -0.1) is 0 Å². The van der Waals surface area contributed by atoms with Crippen LogP contribution in [0.15, 0.2) is 84.9 Å². The molecular weight excluding hydrogens is 330 g/mol. The summed E-state index contributed by atoms with van der Waals surface area (Å²) in [6.45, 7) is 6.07. The molecule has 3 aromatic carbocycles. The van der Waals surface area contributed by atoms with Crippen LogP contribution < -0.4 is 0 Å². The van der Waals surface area contributed by atoms with Crippen molar-refractivity contribution in [2.45, 2.75) is 20.8 Å². The van der Waals surface area contributed by atoms with Gasteiger partial charge in [0.2, 0.25) is 0 Å². The second-order valence-electron chi connectivity index (χ2n) is 5.91. The van der Waals surface area contributed by atoms with Crippen molar-refractivity contribution in [3.8, 4) is 34.2 Å². The summed E-state index contributed by atoms with van der Waals surface area (Å²) in [7, 11) is 0. The molecule has 0 spiro atoms. The Morgan fingerprint density at radius 3 is 1.33 bits per heavy atom. The molecule has 0 fully saturated rings. The van der Waals surface area contributed by atoms with Gasteiger partial charge in [0.05, 0.1) is 0 Å². The number of aryl methyl sites for hydroxylation is 1. The minimum absolute atomic E-state index is 0.686. The number of hydrogen-bond donors (Lipinski definition) is 0. The topological polar surface area (TPSA) is 38.7 Å². The minimum atomic E-state index is 0.686. The maximum Gasteiger partial charge on any atom is 0.164 e. The Morgan fingerprint density at radius 2 is 0.889 bits per heavy atom. The maximum absolute atomic E-state index is 4.72. The van der Waals surface area contributed by atoms with Crippen LogP contribution in [-0.2, 0) is 0 Å². The van der Waals surface area contributed by atoms with Crippen LogP contribution >= 0.6 is 0 Å². The van der Waals surface area contributed by atoms with Crippen molar-refractivity contribution in [1.82, 2.24) is 15.0 Å². The molecule has 0 bridgehead atoms. The van der Waals surface area contributed by atoms with Crippen molar-refractivity contribution in [1.29, 1.82) is 0 Å². The van der Waals surface area contributed by atoms with Crippen molar-refractivity contribution in [2.24, 2.45) is 0 Å². The Labute approximate surface area is 160 Å². The van der Waals surface area contributed by atoms with Gasteiger partial charge in [-0.3, -0.25) is 0 Å². The molecule has 0 atom stereocenters. The minimum Gasteiger partial charge on any atom is -0.208 e. The lowest BCUT2D eigenvalue weighted by molar-refractivity contribution is 1.07. The highest BCUT2D eigenvalue weighted by Gasteiger charge is 2.11. The third kappa shape index (κ3) is 4.45. The standard InChI is InChI=1S/C22H17N3.C2H6/c1-16-9-8-14-19(15-16)22-24-20(17-10-4-2-5-11-17)23-21(25-22)18-12-6-3-7-13-18;1-2/h2-15H,1H3;1-2H3. The van der Waals surface area contributed by atoms with Gasteiger partial charge in [0, 0.05) is 16.7 Å². The van der Waals surface area contributed by atoms with Crippen LogP contribution in [0.4, 0.5) is 0 Å². The molecule has 0 aliphatic heterocycles. The first-order valence-corrected chi connectivity index (χ1v) is 9.23. The summed E-state index contributed by atoms with van der Waals surface area (Å²) < 4.78 is 0. The second-order valence-corrected chi connectivity index (χ2v) is 5.91. The van der Waals surface area contributed by atoms with E-state index in [1.165, 1.54) is 5.56 Å². The fourth-order valence-corrected chi connectivity index (χ4v) is 2.72. The summed E-state index contributed by atoms with van der Waals surface area (Å²) in [6, 6.07) is 28.3. The zero-order chi connectivity index (χ0) is 19.1. The Kier molecular flexibility index (Phi) is 6.06. The van der Waals surface area contributed by atoms with Crippen molar-refractivity contribution < 1.29 is 0 Å². The fraction of sp³-hybridized carbons (Fsp3) is 0.125. The van der Waals surface area contributed by atoms with Gasteiger partial charge in [-0.05, 0) is 13.0 Å². The summed E-state index contributed by atoms with van der Waals surface area (Å²) >= 11 is 0. The third-order valence-electron chi connectivity index (χ3n) is 3.98. The first kappa shape index (κ1) is 18.5. The summed E-state index contributed by atoms with van der Waals surface area (Å²) in [4.78, 5) is 14.1. The van der Waals surface area contributed by atoms with Gasteiger partial charge >= 0.3 is 0 Å². The predicted molar refractivity (Wildman–Crippen MR) is 112 cm³/mol. The van der Waals surface area contributed by atoms with Crippen molar-refractivity contribution >= 4 is 0 Å². The van der Waals surface area contributed by atoms with Crippen LogP contribution in [0.1, 0.15) is 19.4 Å². The number of aromatic nitrogens is 3. The molecule has 0 amide bonds. The van der Waals surface area contributed by atoms with E-state index in [0.29, 0.717) is 17.5 Å². The first-order valence-electron chi connectivity index (χ1n) is 9.23. The lowest BCUT2D eigenvalue weighted by Gasteiger charge is -2.08. The molecule has 3 nitrogen and oxygen atoms in total. The zero-order valence-corrected chi connectivity index (χ0v) is 15.9. The van der Waals surface area contributed by atoms with Gasteiger partial charge in [0.1, 0.15) is 0 Å². The molecule has 134 valence electrons. The molecule has 0 saturated carbocycles. The summed E-state index contributed by atoms with van der Waals surface area (Å²) in [5.74, 6) is 2.06. The van der Waals surface area contributed by atoms with Crippen molar-refractivity contribution in [3.63, 3.8) is 0 Å². The largest absolute Gasteiger partial charge is 0.208 e. The average molecular weight is 353 g/mol. The van der Waals surface area contributed by atoms with E-state index < -0.39 is 0 Å². The molecule has 0 unspecified atom stereocenters.